The molecule has 5 heteroatoms. The molecule has 1 amide bonds. The van der Waals surface area contributed by atoms with Crippen molar-refractivity contribution in [3.63, 3.8) is 0 Å². The summed E-state index contributed by atoms with van der Waals surface area (Å²) in [5.41, 5.74) is 1.07. The fourth-order valence-electron chi connectivity index (χ4n) is 3.04. The molecule has 0 bridgehead atoms. The second-order valence-electron chi connectivity index (χ2n) is 6.33. The minimum atomic E-state index is -0.139. The van der Waals surface area contributed by atoms with Crippen LogP contribution in [0, 0.1) is 5.92 Å². The van der Waals surface area contributed by atoms with Gasteiger partial charge in [0.05, 0.1) is 0 Å². The van der Waals surface area contributed by atoms with Gasteiger partial charge in [-0.2, -0.15) is 0 Å². The maximum Gasteiger partial charge on any atom is 0.223 e. The van der Waals surface area contributed by atoms with Crippen LogP contribution in [0.1, 0.15) is 24.8 Å². The number of hydrogen-bond donors (Lipinski definition) is 1. The van der Waals surface area contributed by atoms with Crippen LogP contribution in [0.25, 0.3) is 0 Å². The van der Waals surface area contributed by atoms with Crippen LogP contribution in [0.4, 0.5) is 0 Å². The molecule has 0 N–H and O–H groups in total. The fraction of sp³-hybridized carbons (Fsp3) is 0.300. The van der Waals surface area contributed by atoms with Crippen molar-refractivity contribution in [3.8, 4) is 11.5 Å². The molecule has 1 atom stereocenters. The third kappa shape index (κ3) is 5.10. The number of likely N-dealkylation sites (tertiary alicyclic amines) is 1. The quantitative estimate of drug-likeness (QED) is 0.795. The summed E-state index contributed by atoms with van der Waals surface area (Å²) in [5.74, 6) is 1.81. The maximum atomic E-state index is 12.3. The lowest BCUT2D eigenvalue weighted by atomic mass is 9.93. The first-order valence-electron chi connectivity index (χ1n) is 8.41. The van der Waals surface area contributed by atoms with Crippen LogP contribution in [-0.2, 0) is 16.1 Å². The molecule has 1 heterocycles. The van der Waals surface area contributed by atoms with Gasteiger partial charge in [0.2, 0.25) is 5.91 Å². The molecule has 3 rings (SSSR count). The van der Waals surface area contributed by atoms with E-state index in [0.29, 0.717) is 25.9 Å². The van der Waals surface area contributed by atoms with E-state index in [1.165, 1.54) is 0 Å². The van der Waals surface area contributed by atoms with E-state index in [0.717, 1.165) is 23.5 Å². The van der Waals surface area contributed by atoms with Gasteiger partial charge in [-0.15, -0.1) is 12.6 Å². The van der Waals surface area contributed by atoms with E-state index >= 15 is 0 Å². The molecule has 0 aromatic heterocycles. The molecule has 130 valence electrons. The molecule has 1 fully saturated rings. The zero-order chi connectivity index (χ0) is 17.6. The molecule has 0 aliphatic carbocycles. The van der Waals surface area contributed by atoms with Crippen LogP contribution in [0.5, 0.6) is 11.5 Å². The summed E-state index contributed by atoms with van der Waals surface area (Å²) >= 11 is 3.81. The Balaban J connectivity index is 1.55. The van der Waals surface area contributed by atoms with Crippen LogP contribution in [0.2, 0.25) is 0 Å². The molecular weight excluding hydrogens is 334 g/mol. The number of carbonyl (C=O) groups excluding carboxylic acids is 2. The van der Waals surface area contributed by atoms with Crippen molar-refractivity contribution in [1.29, 1.82) is 0 Å². The van der Waals surface area contributed by atoms with Gasteiger partial charge in [-0.1, -0.05) is 30.3 Å². The van der Waals surface area contributed by atoms with Gasteiger partial charge in [-0.25, -0.2) is 0 Å². The van der Waals surface area contributed by atoms with Crippen LogP contribution < -0.4 is 4.74 Å². The van der Waals surface area contributed by atoms with Gasteiger partial charge in [-0.3, -0.25) is 9.59 Å². The predicted octanol–water partition coefficient (Wildman–Crippen LogP) is 4.06. The summed E-state index contributed by atoms with van der Waals surface area (Å²) in [7, 11) is 0. The van der Waals surface area contributed by atoms with E-state index in [1.807, 2.05) is 59.5 Å². The number of ether oxygens (including phenoxy) is 1. The monoisotopic (exact) mass is 355 g/mol. The molecule has 0 spiro atoms. The van der Waals surface area contributed by atoms with E-state index in [4.69, 9.17) is 4.74 Å². The Bertz CT molecular complexity index is 730. The fourth-order valence-corrected chi connectivity index (χ4v) is 3.30. The Kier molecular flexibility index (Phi) is 5.76. The molecule has 0 saturated carbocycles. The van der Waals surface area contributed by atoms with E-state index in [9.17, 15) is 9.59 Å². The van der Waals surface area contributed by atoms with E-state index < -0.39 is 0 Å². The normalized spacial score (nSPS) is 17.4. The summed E-state index contributed by atoms with van der Waals surface area (Å²) in [6.45, 7) is 1.28. The van der Waals surface area contributed by atoms with Crippen LogP contribution in [0.15, 0.2) is 54.6 Å². The summed E-state index contributed by atoms with van der Waals surface area (Å²) in [6, 6.07) is 17.4. The Hall–Kier alpha value is -2.27. The topological polar surface area (TPSA) is 46.6 Å². The highest BCUT2D eigenvalue weighted by atomic mass is 32.1. The molecule has 1 saturated heterocycles. The number of benzene rings is 2. The van der Waals surface area contributed by atoms with Gasteiger partial charge in [0.1, 0.15) is 11.5 Å². The summed E-state index contributed by atoms with van der Waals surface area (Å²) in [6.07, 6.45) is 1.67. The SMILES string of the molecule is O=C(S)CC1CCN(Cc2ccc(Oc3ccccc3)cc2)C(=O)C1. The lowest BCUT2D eigenvalue weighted by Crippen LogP contribution is -2.38. The third-order valence-electron chi connectivity index (χ3n) is 4.36. The zero-order valence-electron chi connectivity index (χ0n) is 13.9. The van der Waals surface area contributed by atoms with Crippen LogP contribution >= 0.6 is 12.6 Å². The molecule has 1 unspecified atom stereocenters. The van der Waals surface area contributed by atoms with Crippen LogP contribution in [0.3, 0.4) is 0 Å². The van der Waals surface area contributed by atoms with Crippen molar-refractivity contribution in [2.75, 3.05) is 6.54 Å². The molecule has 2 aromatic rings. The second-order valence-corrected chi connectivity index (χ2v) is 6.83. The van der Waals surface area contributed by atoms with Crippen molar-refractivity contribution < 1.29 is 14.3 Å². The van der Waals surface area contributed by atoms with E-state index in [2.05, 4.69) is 12.6 Å². The number of carbonyl (C=O) groups is 2. The predicted molar refractivity (Wildman–Crippen MR) is 99.7 cm³/mol. The van der Waals surface area contributed by atoms with Gasteiger partial charge >= 0.3 is 0 Å². The number of amides is 1. The first-order valence-corrected chi connectivity index (χ1v) is 8.86. The lowest BCUT2D eigenvalue weighted by Gasteiger charge is -2.31. The van der Waals surface area contributed by atoms with Gasteiger partial charge in [-0.05, 0) is 42.2 Å². The largest absolute Gasteiger partial charge is 0.457 e. The molecule has 25 heavy (non-hydrogen) atoms. The zero-order valence-corrected chi connectivity index (χ0v) is 14.8. The highest BCUT2D eigenvalue weighted by Crippen LogP contribution is 2.25. The molecule has 1 aliphatic rings. The number of para-hydroxylation sites is 1. The summed E-state index contributed by atoms with van der Waals surface area (Å²) < 4.78 is 5.78. The summed E-state index contributed by atoms with van der Waals surface area (Å²) in [4.78, 5) is 25.2. The number of thiol groups is 1. The number of hydrogen-bond acceptors (Lipinski definition) is 3. The third-order valence-corrected chi connectivity index (χ3v) is 4.54. The van der Waals surface area contributed by atoms with Crippen molar-refractivity contribution in [1.82, 2.24) is 4.90 Å². The number of rotatable bonds is 6. The number of nitrogens with zero attached hydrogens (tertiary/aromatic N) is 1. The average molecular weight is 355 g/mol. The van der Waals surface area contributed by atoms with Crippen molar-refractivity contribution >= 4 is 23.7 Å². The minimum absolute atomic E-state index is 0.107. The lowest BCUT2D eigenvalue weighted by molar-refractivity contribution is -0.135. The Morgan fingerprint density at radius 3 is 2.40 bits per heavy atom. The van der Waals surface area contributed by atoms with Crippen LogP contribution in [-0.4, -0.2) is 22.5 Å². The number of piperidine rings is 1. The smallest absolute Gasteiger partial charge is 0.223 e. The molecule has 4 nitrogen and oxygen atoms in total. The first kappa shape index (κ1) is 17.5. The Morgan fingerprint density at radius 2 is 1.76 bits per heavy atom. The average Bonchev–Trinajstić information content (AvgIpc) is 2.59. The van der Waals surface area contributed by atoms with Gasteiger partial charge in [0.25, 0.3) is 0 Å². The molecular formula is C20H21NO3S. The molecule has 1 aliphatic heterocycles. The highest BCUT2D eigenvalue weighted by molar-refractivity contribution is 7.96. The maximum absolute atomic E-state index is 12.3. The minimum Gasteiger partial charge on any atom is -0.457 e. The van der Waals surface area contributed by atoms with Gasteiger partial charge in [0, 0.05) is 25.9 Å². The second kappa shape index (κ2) is 8.21. The molecule has 2 aromatic carbocycles. The van der Waals surface area contributed by atoms with Crippen molar-refractivity contribution in [2.24, 2.45) is 5.92 Å². The molecule has 0 radical (unpaired) electrons. The Morgan fingerprint density at radius 1 is 1.08 bits per heavy atom. The van der Waals surface area contributed by atoms with E-state index in [-0.39, 0.29) is 16.9 Å². The standard InChI is InChI=1S/C20H21NO3S/c22-19-12-16(13-20(23)25)10-11-21(19)14-15-6-8-18(9-7-15)24-17-4-2-1-3-5-17/h1-9,16H,10-14H2,(H,23,25). The Labute approximate surface area is 153 Å². The van der Waals surface area contributed by atoms with E-state index in [1.54, 1.807) is 0 Å². The van der Waals surface area contributed by atoms with Crippen molar-refractivity contribution in [3.05, 3.63) is 60.2 Å². The van der Waals surface area contributed by atoms with Gasteiger partial charge in [0.15, 0.2) is 5.12 Å². The van der Waals surface area contributed by atoms with Gasteiger partial charge < -0.3 is 9.64 Å². The first-order chi connectivity index (χ1) is 12.1. The highest BCUT2D eigenvalue weighted by Gasteiger charge is 2.26. The van der Waals surface area contributed by atoms with Crippen molar-refractivity contribution in [2.45, 2.75) is 25.8 Å². The summed E-state index contributed by atoms with van der Waals surface area (Å²) in [5, 5.41) is -0.139.